The zero-order valence-electron chi connectivity index (χ0n) is 15.4. The number of H-pyrrole nitrogens is 1. The van der Waals surface area contributed by atoms with E-state index in [2.05, 4.69) is 15.2 Å². The molecule has 0 saturated carbocycles. The number of fused-ring (bicyclic) bond motifs is 3. The number of amides is 1. The van der Waals surface area contributed by atoms with Gasteiger partial charge in [0.25, 0.3) is 0 Å². The molecule has 2 aliphatic rings. The van der Waals surface area contributed by atoms with Crippen LogP contribution in [0.3, 0.4) is 0 Å². The van der Waals surface area contributed by atoms with Gasteiger partial charge in [-0.1, -0.05) is 6.07 Å². The van der Waals surface area contributed by atoms with Crippen molar-refractivity contribution in [1.82, 2.24) is 24.5 Å². The summed E-state index contributed by atoms with van der Waals surface area (Å²) >= 11 is 0. The van der Waals surface area contributed by atoms with Crippen molar-refractivity contribution in [2.45, 2.75) is 38.2 Å². The minimum atomic E-state index is -0.304. The molecular formula is C20H23N5O2. The first-order valence-corrected chi connectivity index (χ1v) is 9.52. The topological polar surface area (TPSA) is 75.5 Å². The van der Waals surface area contributed by atoms with Gasteiger partial charge in [0.05, 0.1) is 30.6 Å². The van der Waals surface area contributed by atoms with E-state index in [1.165, 1.54) is 5.56 Å². The monoisotopic (exact) mass is 365 g/mol. The molecule has 2 aliphatic heterocycles. The molecule has 5 rings (SSSR count). The summed E-state index contributed by atoms with van der Waals surface area (Å²) in [5, 5.41) is 7.33. The van der Waals surface area contributed by atoms with Crippen LogP contribution in [0.4, 0.5) is 0 Å². The highest BCUT2D eigenvalue weighted by Crippen LogP contribution is 2.40. The number of ether oxygens (including phenoxy) is 1. The van der Waals surface area contributed by atoms with Crippen LogP contribution >= 0.6 is 0 Å². The van der Waals surface area contributed by atoms with E-state index in [9.17, 15) is 4.79 Å². The molecule has 0 aliphatic carbocycles. The summed E-state index contributed by atoms with van der Waals surface area (Å²) < 4.78 is 8.19. The summed E-state index contributed by atoms with van der Waals surface area (Å²) in [6, 6.07) is 4.02. The normalized spacial score (nSPS) is 18.8. The molecular weight excluding hydrogens is 342 g/mol. The molecule has 7 nitrogen and oxygen atoms in total. The molecule has 5 heterocycles. The zero-order valence-corrected chi connectivity index (χ0v) is 15.4. The fourth-order valence-corrected chi connectivity index (χ4v) is 4.44. The Hall–Kier alpha value is -2.67. The number of pyridine rings is 1. The molecule has 0 unspecified atom stereocenters. The van der Waals surface area contributed by atoms with Gasteiger partial charge in [0.15, 0.2) is 0 Å². The van der Waals surface area contributed by atoms with Crippen LogP contribution in [0, 0.1) is 6.92 Å². The molecule has 3 aromatic heterocycles. The average Bonchev–Trinajstić information content (AvgIpc) is 3.32. The zero-order chi connectivity index (χ0) is 18.4. The van der Waals surface area contributed by atoms with Crippen molar-refractivity contribution in [2.75, 3.05) is 19.7 Å². The lowest BCUT2D eigenvalue weighted by molar-refractivity contribution is -0.140. The number of hydrogen-bond donors (Lipinski definition) is 1. The molecule has 1 N–H and O–H groups in total. The molecule has 1 saturated heterocycles. The first-order valence-electron chi connectivity index (χ1n) is 9.52. The molecule has 7 heteroatoms. The molecule has 0 atom stereocenters. The Morgan fingerprint density at radius 2 is 2.19 bits per heavy atom. The summed E-state index contributed by atoms with van der Waals surface area (Å²) in [5.74, 6) is 0.147. The quantitative estimate of drug-likeness (QED) is 0.754. The number of aryl methyl sites for hydroxylation is 1. The lowest BCUT2D eigenvalue weighted by Gasteiger charge is -2.43. The largest absolute Gasteiger partial charge is 0.368 e. The Bertz CT molecular complexity index is 997. The second kappa shape index (κ2) is 6.20. The molecule has 0 radical (unpaired) electrons. The molecule has 1 spiro atoms. The smallest absolute Gasteiger partial charge is 0.228 e. The van der Waals surface area contributed by atoms with Gasteiger partial charge in [-0.15, -0.1) is 0 Å². The maximum absolute atomic E-state index is 12.9. The van der Waals surface area contributed by atoms with Gasteiger partial charge < -0.3 is 14.0 Å². The highest BCUT2D eigenvalue weighted by atomic mass is 16.5. The average molecular weight is 365 g/mol. The van der Waals surface area contributed by atoms with Crippen LogP contribution < -0.4 is 0 Å². The number of carbonyl (C=O) groups excluding carboxylic acids is 1. The van der Waals surface area contributed by atoms with Crippen molar-refractivity contribution in [3.63, 3.8) is 0 Å². The summed E-state index contributed by atoms with van der Waals surface area (Å²) in [4.78, 5) is 19.3. The van der Waals surface area contributed by atoms with E-state index in [-0.39, 0.29) is 11.5 Å². The van der Waals surface area contributed by atoms with Crippen molar-refractivity contribution >= 4 is 11.6 Å². The number of carbonyl (C=O) groups is 1. The number of piperidine rings is 1. The van der Waals surface area contributed by atoms with Gasteiger partial charge in [-0.2, -0.15) is 5.10 Å². The van der Waals surface area contributed by atoms with E-state index in [1.807, 2.05) is 46.9 Å². The molecule has 3 aromatic rings. The minimum absolute atomic E-state index is 0.147. The lowest BCUT2D eigenvalue weighted by Crippen LogP contribution is -2.48. The minimum Gasteiger partial charge on any atom is -0.368 e. The second-order valence-electron chi connectivity index (χ2n) is 7.55. The highest BCUT2D eigenvalue weighted by Gasteiger charge is 2.43. The summed E-state index contributed by atoms with van der Waals surface area (Å²) in [7, 11) is 0. The van der Waals surface area contributed by atoms with E-state index in [0.717, 1.165) is 48.5 Å². The fraction of sp³-hybridized carbons (Fsp3) is 0.450. The molecule has 0 aromatic carbocycles. The summed E-state index contributed by atoms with van der Waals surface area (Å²) in [6.07, 6.45) is 8.58. The summed E-state index contributed by atoms with van der Waals surface area (Å²) in [6.45, 7) is 4.16. The molecule has 1 fully saturated rings. The van der Waals surface area contributed by atoms with E-state index >= 15 is 0 Å². The first-order chi connectivity index (χ1) is 13.2. The predicted octanol–water partition coefficient (Wildman–Crippen LogP) is 2.00. The number of aromatic nitrogens is 4. The molecule has 27 heavy (non-hydrogen) atoms. The number of nitrogens with one attached hydrogen (secondary N) is 1. The third kappa shape index (κ3) is 2.65. The van der Waals surface area contributed by atoms with E-state index in [0.29, 0.717) is 19.5 Å². The van der Waals surface area contributed by atoms with Crippen LogP contribution in [0.5, 0.6) is 0 Å². The van der Waals surface area contributed by atoms with E-state index < -0.39 is 0 Å². The Labute approximate surface area is 157 Å². The number of rotatable bonds is 2. The van der Waals surface area contributed by atoms with Gasteiger partial charge in [-0.3, -0.25) is 9.89 Å². The number of aromatic amines is 1. The number of hydrogen-bond acceptors (Lipinski definition) is 4. The van der Waals surface area contributed by atoms with Gasteiger partial charge in [-0.05, 0) is 43.4 Å². The van der Waals surface area contributed by atoms with Crippen molar-refractivity contribution in [3.8, 4) is 0 Å². The Kier molecular flexibility index (Phi) is 3.79. The highest BCUT2D eigenvalue weighted by molar-refractivity contribution is 5.78. The third-order valence-corrected chi connectivity index (χ3v) is 5.99. The molecule has 140 valence electrons. The lowest BCUT2D eigenvalue weighted by atomic mass is 9.83. The fourth-order valence-electron chi connectivity index (χ4n) is 4.44. The number of likely N-dealkylation sites (tertiary alicyclic amines) is 1. The maximum atomic E-state index is 12.9. The van der Waals surface area contributed by atoms with Crippen LogP contribution in [-0.4, -0.2) is 50.1 Å². The Morgan fingerprint density at radius 3 is 3.04 bits per heavy atom. The predicted molar refractivity (Wildman–Crippen MR) is 99.4 cm³/mol. The standard InChI is InChI=1S/C20H23N5O2/c1-14-3-2-7-25-16(13-21-19(14)25)11-17(26)24-8-5-20(6-9-24)18-15(4-10-27-20)12-22-23-18/h2-3,7,12-13H,4-6,8-11H2,1H3,(H,22,23). The van der Waals surface area contributed by atoms with Gasteiger partial charge >= 0.3 is 0 Å². The van der Waals surface area contributed by atoms with Crippen molar-refractivity contribution in [3.05, 3.63) is 53.2 Å². The van der Waals surface area contributed by atoms with Gasteiger partial charge in [0.1, 0.15) is 11.2 Å². The van der Waals surface area contributed by atoms with Gasteiger partial charge in [0, 0.05) is 25.5 Å². The van der Waals surface area contributed by atoms with Crippen LogP contribution in [0.1, 0.15) is 35.4 Å². The maximum Gasteiger partial charge on any atom is 0.228 e. The Morgan fingerprint density at radius 1 is 1.33 bits per heavy atom. The van der Waals surface area contributed by atoms with Gasteiger partial charge in [-0.25, -0.2) is 4.98 Å². The summed E-state index contributed by atoms with van der Waals surface area (Å²) in [5.41, 5.74) is 5.02. The molecule has 0 bridgehead atoms. The number of imidazole rings is 1. The van der Waals surface area contributed by atoms with Crippen LogP contribution in [-0.2, 0) is 28.0 Å². The van der Waals surface area contributed by atoms with Crippen molar-refractivity contribution in [2.24, 2.45) is 0 Å². The second-order valence-corrected chi connectivity index (χ2v) is 7.55. The van der Waals surface area contributed by atoms with Gasteiger partial charge in [0.2, 0.25) is 5.91 Å². The van der Waals surface area contributed by atoms with Crippen LogP contribution in [0.2, 0.25) is 0 Å². The molecule has 1 amide bonds. The van der Waals surface area contributed by atoms with Crippen LogP contribution in [0.15, 0.2) is 30.7 Å². The van der Waals surface area contributed by atoms with E-state index in [4.69, 9.17) is 4.74 Å². The van der Waals surface area contributed by atoms with E-state index in [1.54, 1.807) is 0 Å². The van der Waals surface area contributed by atoms with Crippen LogP contribution in [0.25, 0.3) is 5.65 Å². The first kappa shape index (κ1) is 16.5. The van der Waals surface area contributed by atoms with Crippen molar-refractivity contribution in [1.29, 1.82) is 0 Å². The van der Waals surface area contributed by atoms with Crippen molar-refractivity contribution < 1.29 is 9.53 Å². The SMILES string of the molecule is Cc1cccn2c(CC(=O)N3CCC4(CC3)OCCc3cn[nH]c34)cnc12. The Balaban J connectivity index is 1.30. The third-order valence-electron chi connectivity index (χ3n) is 5.99. The number of nitrogens with zero attached hydrogens (tertiary/aromatic N) is 4.